The first-order chi connectivity index (χ1) is 12.0. The van der Waals surface area contributed by atoms with E-state index in [1.54, 1.807) is 35.0 Å². The predicted molar refractivity (Wildman–Crippen MR) is 90.8 cm³/mol. The molecule has 0 N–H and O–H groups in total. The van der Waals surface area contributed by atoms with E-state index in [-0.39, 0.29) is 10.9 Å². The van der Waals surface area contributed by atoms with Crippen LogP contribution >= 0.6 is 0 Å². The van der Waals surface area contributed by atoms with Crippen LogP contribution in [0, 0.1) is 25.5 Å². The maximum absolute atomic E-state index is 13.7. The van der Waals surface area contributed by atoms with Gasteiger partial charge in [0.2, 0.25) is 0 Å². The molecule has 0 saturated carbocycles. The summed E-state index contributed by atoms with van der Waals surface area (Å²) in [5.41, 5.74) is 3.17. The van der Waals surface area contributed by atoms with Crippen LogP contribution in [0.15, 0.2) is 30.5 Å². The number of rotatable bonds is 2. The van der Waals surface area contributed by atoms with E-state index in [2.05, 4.69) is 20.1 Å². The highest BCUT2D eigenvalue weighted by atomic mass is 19.1. The third-order valence-electron chi connectivity index (χ3n) is 3.87. The summed E-state index contributed by atoms with van der Waals surface area (Å²) in [7, 11) is 0. The number of halogens is 2. The Morgan fingerprint density at radius 1 is 1.04 bits per heavy atom. The maximum atomic E-state index is 13.7. The van der Waals surface area contributed by atoms with Crippen LogP contribution in [0.25, 0.3) is 28.7 Å². The lowest BCUT2D eigenvalue weighted by molar-refractivity contribution is 0.591. The van der Waals surface area contributed by atoms with Crippen LogP contribution in [0.4, 0.5) is 8.78 Å². The monoisotopic (exact) mass is 337 g/mol. The van der Waals surface area contributed by atoms with Gasteiger partial charge in [0.15, 0.2) is 11.5 Å². The zero-order valence-corrected chi connectivity index (χ0v) is 13.5. The summed E-state index contributed by atoms with van der Waals surface area (Å²) in [4.78, 5) is 13.0. The lowest BCUT2D eigenvalue weighted by atomic mass is 10.2. The molecule has 0 saturated heterocycles. The second kappa shape index (κ2) is 5.70. The molecule has 4 rings (SSSR count). The fraction of sp³-hybridized carbons (Fsp3) is 0.111. The van der Waals surface area contributed by atoms with Gasteiger partial charge < -0.3 is 0 Å². The quantitative estimate of drug-likeness (QED) is 0.559. The number of pyridine rings is 1. The molecule has 0 aliphatic heterocycles. The number of nitrogens with zero attached hydrogens (tertiary/aromatic N) is 5. The van der Waals surface area contributed by atoms with Gasteiger partial charge in [-0.05, 0) is 38.1 Å². The van der Waals surface area contributed by atoms with E-state index in [9.17, 15) is 8.78 Å². The van der Waals surface area contributed by atoms with E-state index < -0.39 is 11.6 Å². The third-order valence-corrected chi connectivity index (χ3v) is 3.87. The van der Waals surface area contributed by atoms with Crippen LogP contribution in [0.2, 0.25) is 0 Å². The molecule has 124 valence electrons. The Balaban J connectivity index is 1.73. The first kappa shape index (κ1) is 15.3. The molecule has 0 atom stereocenters. The summed E-state index contributed by atoms with van der Waals surface area (Å²) in [5.74, 6) is -0.774. The van der Waals surface area contributed by atoms with Gasteiger partial charge in [-0.15, -0.1) is 5.10 Å². The van der Waals surface area contributed by atoms with E-state index in [1.165, 1.54) is 6.07 Å². The SMILES string of the molecule is Cc1ncc(C)n2nc(/C=C/c3ccc4c(F)cc(F)cc4n3)nc12. The van der Waals surface area contributed by atoms with Gasteiger partial charge in [0.25, 0.3) is 0 Å². The van der Waals surface area contributed by atoms with Crippen molar-refractivity contribution in [2.75, 3.05) is 0 Å². The maximum Gasteiger partial charge on any atom is 0.177 e. The number of hydrogen-bond acceptors (Lipinski definition) is 4. The van der Waals surface area contributed by atoms with Crippen LogP contribution in [0.1, 0.15) is 22.9 Å². The van der Waals surface area contributed by atoms with E-state index in [0.717, 1.165) is 17.5 Å². The van der Waals surface area contributed by atoms with E-state index >= 15 is 0 Å². The largest absolute Gasteiger partial charge is 0.256 e. The second-order valence-corrected chi connectivity index (χ2v) is 5.71. The van der Waals surface area contributed by atoms with Crippen molar-refractivity contribution in [1.29, 1.82) is 0 Å². The fourth-order valence-electron chi connectivity index (χ4n) is 2.61. The highest BCUT2D eigenvalue weighted by Crippen LogP contribution is 2.19. The van der Waals surface area contributed by atoms with Gasteiger partial charge in [0, 0.05) is 23.7 Å². The molecule has 5 nitrogen and oxygen atoms in total. The van der Waals surface area contributed by atoms with Crippen molar-refractivity contribution in [3.8, 4) is 0 Å². The Bertz CT molecular complexity index is 1110. The number of aromatic nitrogens is 5. The second-order valence-electron chi connectivity index (χ2n) is 5.71. The summed E-state index contributed by atoms with van der Waals surface area (Å²) < 4.78 is 28.8. The molecular formula is C18H13F2N5. The summed E-state index contributed by atoms with van der Waals surface area (Å²) in [6.07, 6.45) is 5.14. The summed E-state index contributed by atoms with van der Waals surface area (Å²) in [5, 5.41) is 4.69. The number of fused-ring (bicyclic) bond motifs is 2. The van der Waals surface area contributed by atoms with Gasteiger partial charge in [-0.25, -0.2) is 23.3 Å². The topological polar surface area (TPSA) is 56.0 Å². The molecule has 3 heterocycles. The minimum Gasteiger partial charge on any atom is -0.256 e. The minimum atomic E-state index is -0.654. The number of aryl methyl sites for hydroxylation is 2. The average Bonchev–Trinajstić information content (AvgIpc) is 3.01. The number of hydrogen-bond donors (Lipinski definition) is 0. The molecule has 0 aliphatic carbocycles. The summed E-state index contributed by atoms with van der Waals surface area (Å²) in [6, 6.07) is 5.29. The van der Waals surface area contributed by atoms with E-state index in [0.29, 0.717) is 17.2 Å². The van der Waals surface area contributed by atoms with Crippen LogP contribution in [0.5, 0.6) is 0 Å². The van der Waals surface area contributed by atoms with Crippen LogP contribution in [0.3, 0.4) is 0 Å². The lowest BCUT2D eigenvalue weighted by Gasteiger charge is -2.00. The molecule has 0 aliphatic rings. The average molecular weight is 337 g/mol. The third kappa shape index (κ3) is 2.73. The molecule has 7 heteroatoms. The van der Waals surface area contributed by atoms with E-state index in [4.69, 9.17) is 0 Å². The smallest absolute Gasteiger partial charge is 0.177 e. The Kier molecular flexibility index (Phi) is 3.49. The zero-order chi connectivity index (χ0) is 17.6. The predicted octanol–water partition coefficient (Wildman–Crippen LogP) is 3.74. The molecule has 0 spiro atoms. The standard InChI is InChI=1S/C18H13F2N5/c1-10-9-21-11(2)18-23-17(24-25(10)18)6-4-13-3-5-14-15(20)7-12(19)8-16(14)22-13/h3-9H,1-2H3/b6-4+. The van der Waals surface area contributed by atoms with Crippen molar-refractivity contribution in [2.24, 2.45) is 0 Å². The Morgan fingerprint density at radius 2 is 1.88 bits per heavy atom. The Hall–Kier alpha value is -3.22. The van der Waals surface area contributed by atoms with Gasteiger partial charge in [-0.3, -0.25) is 4.98 Å². The van der Waals surface area contributed by atoms with Gasteiger partial charge in [0.1, 0.15) is 11.6 Å². The van der Waals surface area contributed by atoms with Gasteiger partial charge >= 0.3 is 0 Å². The zero-order valence-electron chi connectivity index (χ0n) is 13.5. The molecule has 0 fully saturated rings. The molecule has 0 radical (unpaired) electrons. The van der Waals surface area contributed by atoms with Crippen LogP contribution < -0.4 is 0 Å². The van der Waals surface area contributed by atoms with Gasteiger partial charge in [0.05, 0.1) is 22.6 Å². The van der Waals surface area contributed by atoms with E-state index in [1.807, 2.05) is 13.8 Å². The molecule has 3 aromatic heterocycles. The van der Waals surface area contributed by atoms with Gasteiger partial charge in [-0.2, -0.15) is 0 Å². The first-order valence-corrected chi connectivity index (χ1v) is 7.64. The summed E-state index contributed by atoms with van der Waals surface area (Å²) in [6.45, 7) is 3.76. The van der Waals surface area contributed by atoms with Crippen LogP contribution in [-0.4, -0.2) is 24.6 Å². The van der Waals surface area contributed by atoms with Crippen molar-refractivity contribution in [3.63, 3.8) is 0 Å². The minimum absolute atomic E-state index is 0.262. The highest BCUT2D eigenvalue weighted by molar-refractivity contribution is 5.81. The Morgan fingerprint density at radius 3 is 2.68 bits per heavy atom. The molecule has 4 aromatic rings. The van der Waals surface area contributed by atoms with Crippen molar-refractivity contribution in [2.45, 2.75) is 13.8 Å². The Labute approximate surface area is 141 Å². The number of benzene rings is 1. The van der Waals surface area contributed by atoms with Crippen molar-refractivity contribution in [3.05, 3.63) is 65.0 Å². The molecule has 1 aromatic carbocycles. The van der Waals surface area contributed by atoms with Crippen molar-refractivity contribution >= 4 is 28.7 Å². The molecule has 0 amide bonds. The highest BCUT2D eigenvalue weighted by Gasteiger charge is 2.08. The van der Waals surface area contributed by atoms with Crippen molar-refractivity contribution in [1.82, 2.24) is 24.6 Å². The van der Waals surface area contributed by atoms with Crippen molar-refractivity contribution < 1.29 is 8.78 Å². The normalized spacial score (nSPS) is 11.8. The lowest BCUT2D eigenvalue weighted by Crippen LogP contribution is -1.97. The molecule has 0 bridgehead atoms. The van der Waals surface area contributed by atoms with Crippen LogP contribution in [-0.2, 0) is 0 Å². The first-order valence-electron chi connectivity index (χ1n) is 7.64. The fourth-order valence-corrected chi connectivity index (χ4v) is 2.61. The summed E-state index contributed by atoms with van der Waals surface area (Å²) >= 11 is 0. The van der Waals surface area contributed by atoms with Gasteiger partial charge in [-0.1, -0.05) is 0 Å². The molecular weight excluding hydrogens is 324 g/mol. The molecule has 25 heavy (non-hydrogen) atoms. The molecule has 0 unspecified atom stereocenters.